The van der Waals surface area contributed by atoms with Gasteiger partial charge in [0, 0.05) is 32.6 Å². The lowest BCUT2D eigenvalue weighted by atomic mass is 9.54. The van der Waals surface area contributed by atoms with E-state index >= 15 is 0 Å². The Bertz CT molecular complexity index is 736. The second-order valence-corrected chi connectivity index (χ2v) is 8.64. The SMILES string of the molecule is COc1ccc(OCC(=O)N2CCC3(CCC3CC(=O)N3CCOCC3)CC2)cc1. The minimum Gasteiger partial charge on any atom is -0.497 e. The smallest absolute Gasteiger partial charge is 0.260 e. The molecule has 0 N–H and O–H groups in total. The van der Waals surface area contributed by atoms with Gasteiger partial charge in [-0.15, -0.1) is 0 Å². The van der Waals surface area contributed by atoms with Gasteiger partial charge in [-0.25, -0.2) is 0 Å². The number of carbonyl (C=O) groups is 2. The monoisotopic (exact) mass is 416 g/mol. The molecule has 1 aromatic rings. The van der Waals surface area contributed by atoms with Crippen molar-refractivity contribution in [1.29, 1.82) is 0 Å². The average molecular weight is 417 g/mol. The molecular weight excluding hydrogens is 384 g/mol. The van der Waals surface area contributed by atoms with Gasteiger partial charge in [-0.2, -0.15) is 0 Å². The third-order valence-electron chi connectivity index (χ3n) is 7.18. The number of piperidine rings is 1. The number of amides is 2. The van der Waals surface area contributed by atoms with E-state index in [2.05, 4.69) is 0 Å². The number of likely N-dealkylation sites (tertiary alicyclic amines) is 1. The Kier molecular flexibility index (Phi) is 6.46. The Labute approximate surface area is 178 Å². The van der Waals surface area contributed by atoms with Crippen molar-refractivity contribution in [3.63, 3.8) is 0 Å². The molecule has 7 nitrogen and oxygen atoms in total. The van der Waals surface area contributed by atoms with Crippen molar-refractivity contribution >= 4 is 11.8 Å². The fourth-order valence-electron chi connectivity index (χ4n) is 5.00. The summed E-state index contributed by atoms with van der Waals surface area (Å²) in [5.74, 6) is 2.19. The van der Waals surface area contributed by atoms with Gasteiger partial charge in [-0.05, 0) is 61.3 Å². The number of hydrogen-bond donors (Lipinski definition) is 0. The zero-order chi connectivity index (χ0) is 21.0. The third-order valence-corrected chi connectivity index (χ3v) is 7.18. The number of ether oxygens (including phenoxy) is 3. The zero-order valence-electron chi connectivity index (χ0n) is 17.8. The number of hydrogen-bond acceptors (Lipinski definition) is 5. The Morgan fingerprint density at radius 2 is 1.60 bits per heavy atom. The van der Waals surface area contributed by atoms with Gasteiger partial charge in [0.05, 0.1) is 20.3 Å². The highest BCUT2D eigenvalue weighted by Crippen LogP contribution is 2.55. The summed E-state index contributed by atoms with van der Waals surface area (Å²) in [5.41, 5.74) is 0.246. The van der Waals surface area contributed by atoms with E-state index in [1.807, 2.05) is 34.1 Å². The first-order valence-corrected chi connectivity index (χ1v) is 11.0. The van der Waals surface area contributed by atoms with E-state index in [4.69, 9.17) is 14.2 Å². The van der Waals surface area contributed by atoms with Crippen molar-refractivity contribution in [2.75, 3.05) is 53.1 Å². The molecule has 0 bridgehead atoms. The Balaban J connectivity index is 1.22. The summed E-state index contributed by atoms with van der Waals surface area (Å²) in [6.45, 7) is 4.30. The molecule has 1 saturated carbocycles. The summed E-state index contributed by atoms with van der Waals surface area (Å²) >= 11 is 0. The second-order valence-electron chi connectivity index (χ2n) is 8.64. The van der Waals surface area contributed by atoms with E-state index in [9.17, 15) is 9.59 Å². The van der Waals surface area contributed by atoms with Crippen molar-refractivity contribution in [2.24, 2.45) is 11.3 Å². The van der Waals surface area contributed by atoms with Gasteiger partial charge in [0.25, 0.3) is 5.91 Å². The van der Waals surface area contributed by atoms with Gasteiger partial charge < -0.3 is 24.0 Å². The standard InChI is InChI=1S/C23H32N2O5/c1-28-19-2-4-20(5-3-19)30-17-22(27)24-10-8-23(9-11-24)7-6-18(23)16-21(26)25-12-14-29-15-13-25/h2-5,18H,6-17H2,1H3. The molecule has 30 heavy (non-hydrogen) atoms. The van der Waals surface area contributed by atoms with Crippen LogP contribution in [0.5, 0.6) is 11.5 Å². The van der Waals surface area contributed by atoms with E-state index in [-0.39, 0.29) is 23.8 Å². The summed E-state index contributed by atoms with van der Waals surface area (Å²) < 4.78 is 16.1. The van der Waals surface area contributed by atoms with Crippen molar-refractivity contribution < 1.29 is 23.8 Å². The van der Waals surface area contributed by atoms with Gasteiger partial charge in [0.1, 0.15) is 11.5 Å². The van der Waals surface area contributed by atoms with Crippen LogP contribution < -0.4 is 9.47 Å². The summed E-state index contributed by atoms with van der Waals surface area (Å²) in [5, 5.41) is 0. The van der Waals surface area contributed by atoms with Crippen molar-refractivity contribution in [2.45, 2.75) is 32.1 Å². The van der Waals surface area contributed by atoms with Gasteiger partial charge in [0.2, 0.25) is 5.91 Å². The van der Waals surface area contributed by atoms with Crippen LogP contribution >= 0.6 is 0 Å². The van der Waals surface area contributed by atoms with Crippen LogP contribution in [0.4, 0.5) is 0 Å². The fraction of sp³-hybridized carbons (Fsp3) is 0.652. The lowest BCUT2D eigenvalue weighted by Crippen LogP contribution is -2.52. The molecule has 2 amide bonds. The molecule has 4 rings (SSSR count). The van der Waals surface area contributed by atoms with Crippen LogP contribution in [-0.2, 0) is 14.3 Å². The highest BCUT2D eigenvalue weighted by atomic mass is 16.5. The molecule has 164 valence electrons. The molecule has 1 aliphatic carbocycles. The van der Waals surface area contributed by atoms with Gasteiger partial charge in [-0.3, -0.25) is 9.59 Å². The highest BCUT2D eigenvalue weighted by Gasteiger charge is 2.49. The molecule has 1 unspecified atom stereocenters. The predicted molar refractivity (Wildman–Crippen MR) is 111 cm³/mol. The van der Waals surface area contributed by atoms with Crippen LogP contribution in [-0.4, -0.2) is 74.7 Å². The molecule has 1 atom stereocenters. The minimum absolute atomic E-state index is 0.0286. The maximum Gasteiger partial charge on any atom is 0.260 e. The van der Waals surface area contributed by atoms with E-state index in [1.54, 1.807) is 7.11 Å². The van der Waals surface area contributed by atoms with Crippen LogP contribution in [0, 0.1) is 11.3 Å². The van der Waals surface area contributed by atoms with Crippen LogP contribution in [0.15, 0.2) is 24.3 Å². The normalized spacial score (nSPS) is 23.0. The quantitative estimate of drug-likeness (QED) is 0.712. The molecule has 1 spiro atoms. The maximum atomic E-state index is 12.6. The van der Waals surface area contributed by atoms with Crippen molar-refractivity contribution in [1.82, 2.24) is 9.80 Å². The molecule has 2 heterocycles. The topological polar surface area (TPSA) is 68.3 Å². The molecule has 0 radical (unpaired) electrons. The third kappa shape index (κ3) is 4.56. The number of rotatable bonds is 6. The first kappa shape index (κ1) is 21.0. The number of benzene rings is 1. The maximum absolute atomic E-state index is 12.6. The molecule has 3 fully saturated rings. The summed E-state index contributed by atoms with van der Waals surface area (Å²) in [4.78, 5) is 29.1. The molecule has 2 saturated heterocycles. The molecule has 2 aliphatic heterocycles. The lowest BCUT2D eigenvalue weighted by Gasteiger charge is -2.54. The van der Waals surface area contributed by atoms with Crippen LogP contribution in [0.25, 0.3) is 0 Å². The van der Waals surface area contributed by atoms with Gasteiger partial charge in [0.15, 0.2) is 6.61 Å². The van der Waals surface area contributed by atoms with E-state index in [1.165, 1.54) is 6.42 Å². The number of nitrogens with zero attached hydrogens (tertiary/aromatic N) is 2. The first-order chi connectivity index (χ1) is 14.6. The Morgan fingerprint density at radius 1 is 0.967 bits per heavy atom. The Morgan fingerprint density at radius 3 is 2.20 bits per heavy atom. The highest BCUT2D eigenvalue weighted by molar-refractivity contribution is 5.78. The molecule has 0 aromatic heterocycles. The molecule has 3 aliphatic rings. The van der Waals surface area contributed by atoms with E-state index in [0.29, 0.717) is 31.3 Å². The number of morpholine rings is 1. The Hall–Kier alpha value is -2.28. The van der Waals surface area contributed by atoms with Gasteiger partial charge in [-0.1, -0.05) is 0 Å². The molecule has 1 aromatic carbocycles. The second kappa shape index (κ2) is 9.25. The fourth-order valence-corrected chi connectivity index (χ4v) is 5.00. The minimum atomic E-state index is 0.0286. The summed E-state index contributed by atoms with van der Waals surface area (Å²) in [7, 11) is 1.62. The zero-order valence-corrected chi connectivity index (χ0v) is 17.8. The summed E-state index contributed by atoms with van der Waals surface area (Å²) in [6, 6.07) is 7.25. The lowest BCUT2D eigenvalue weighted by molar-refractivity contribution is -0.145. The van der Waals surface area contributed by atoms with Crippen LogP contribution in [0.2, 0.25) is 0 Å². The van der Waals surface area contributed by atoms with Gasteiger partial charge >= 0.3 is 0 Å². The van der Waals surface area contributed by atoms with Crippen LogP contribution in [0.3, 0.4) is 0 Å². The summed E-state index contributed by atoms with van der Waals surface area (Å²) in [6.07, 6.45) is 4.93. The molecule has 7 heteroatoms. The number of methoxy groups -OCH3 is 1. The average Bonchev–Trinajstić information content (AvgIpc) is 2.81. The van der Waals surface area contributed by atoms with E-state index < -0.39 is 0 Å². The van der Waals surface area contributed by atoms with Crippen molar-refractivity contribution in [3.05, 3.63) is 24.3 Å². The first-order valence-electron chi connectivity index (χ1n) is 11.0. The van der Waals surface area contributed by atoms with Crippen molar-refractivity contribution in [3.8, 4) is 11.5 Å². The molecular formula is C23H32N2O5. The van der Waals surface area contributed by atoms with E-state index in [0.717, 1.165) is 51.2 Å². The predicted octanol–water partition coefficient (Wildman–Crippen LogP) is 2.34. The number of carbonyl (C=O) groups excluding carboxylic acids is 2. The largest absolute Gasteiger partial charge is 0.497 e. The van der Waals surface area contributed by atoms with Crippen LogP contribution in [0.1, 0.15) is 32.1 Å².